The summed E-state index contributed by atoms with van der Waals surface area (Å²) in [7, 11) is 0. The Labute approximate surface area is 113 Å². The minimum absolute atomic E-state index is 0.210. The van der Waals surface area contributed by atoms with Crippen LogP contribution in [0.15, 0.2) is 30.3 Å². The maximum Gasteiger partial charge on any atom is 0.409 e. The summed E-state index contributed by atoms with van der Waals surface area (Å²) in [4.78, 5) is 22.0. The smallest absolute Gasteiger partial charge is 0.409 e. The number of benzene rings is 1. The molecule has 1 atom stereocenters. The van der Waals surface area contributed by atoms with Gasteiger partial charge in [-0.2, -0.15) is 0 Å². The molecule has 0 aromatic heterocycles. The van der Waals surface area contributed by atoms with E-state index in [1.807, 2.05) is 44.2 Å². The molecule has 1 rings (SSSR count). The largest absolute Gasteiger partial charge is 0.445 e. The van der Waals surface area contributed by atoms with Crippen LogP contribution in [0.4, 0.5) is 4.79 Å². The second kappa shape index (κ2) is 8.13. The van der Waals surface area contributed by atoms with Gasteiger partial charge in [0, 0.05) is 0 Å². The third kappa shape index (κ3) is 6.45. The molecule has 0 radical (unpaired) electrons. The molecule has 0 saturated carbocycles. The van der Waals surface area contributed by atoms with Crippen molar-refractivity contribution in [3.8, 4) is 0 Å². The Morgan fingerprint density at radius 1 is 1.32 bits per heavy atom. The SMILES string of the molecule is CC(C)C[C@@H](NC=O)NC(=O)OCc1ccccc1. The van der Waals surface area contributed by atoms with E-state index in [-0.39, 0.29) is 6.61 Å². The molecule has 2 N–H and O–H groups in total. The fraction of sp³-hybridized carbons (Fsp3) is 0.429. The Kier molecular flexibility index (Phi) is 6.43. The molecule has 0 aliphatic rings. The highest BCUT2D eigenvalue weighted by atomic mass is 16.5. The quantitative estimate of drug-likeness (QED) is 0.585. The molecule has 0 heterocycles. The van der Waals surface area contributed by atoms with Gasteiger partial charge in [0.1, 0.15) is 12.8 Å². The standard InChI is InChI=1S/C14H20N2O3/c1-11(2)8-13(15-10-17)16-14(18)19-9-12-6-4-3-5-7-12/h3-7,10-11,13H,8-9H2,1-2H3,(H,15,17)(H,16,18)/t13-/m0/s1. The summed E-state index contributed by atoms with van der Waals surface area (Å²) < 4.78 is 5.08. The number of alkyl carbamates (subject to hydrolysis) is 1. The summed E-state index contributed by atoms with van der Waals surface area (Å²) in [5.74, 6) is 0.354. The summed E-state index contributed by atoms with van der Waals surface area (Å²) >= 11 is 0. The van der Waals surface area contributed by atoms with Crippen molar-refractivity contribution < 1.29 is 14.3 Å². The van der Waals surface area contributed by atoms with Crippen LogP contribution in [0.1, 0.15) is 25.8 Å². The first-order valence-corrected chi connectivity index (χ1v) is 6.28. The molecule has 0 fully saturated rings. The van der Waals surface area contributed by atoms with Gasteiger partial charge in [-0.25, -0.2) is 4.79 Å². The summed E-state index contributed by atoms with van der Waals surface area (Å²) in [6.45, 7) is 4.23. The first kappa shape index (κ1) is 15.0. The maximum atomic E-state index is 11.6. The van der Waals surface area contributed by atoms with Crippen molar-refractivity contribution in [3.63, 3.8) is 0 Å². The maximum absolute atomic E-state index is 11.6. The van der Waals surface area contributed by atoms with E-state index in [4.69, 9.17) is 4.74 Å². The predicted octanol–water partition coefficient (Wildman–Crippen LogP) is 2.03. The van der Waals surface area contributed by atoms with Crippen LogP contribution in [0.5, 0.6) is 0 Å². The second-order valence-corrected chi connectivity index (χ2v) is 4.67. The summed E-state index contributed by atoms with van der Waals surface area (Å²) in [6.07, 6.45) is 0.286. The van der Waals surface area contributed by atoms with Gasteiger partial charge < -0.3 is 15.4 Å². The van der Waals surface area contributed by atoms with Crippen LogP contribution < -0.4 is 10.6 Å². The molecule has 0 aliphatic heterocycles. The summed E-state index contributed by atoms with van der Waals surface area (Å²) in [5.41, 5.74) is 0.918. The Morgan fingerprint density at radius 2 is 2.00 bits per heavy atom. The van der Waals surface area contributed by atoms with Crippen molar-refractivity contribution in [1.29, 1.82) is 0 Å². The summed E-state index contributed by atoms with van der Waals surface area (Å²) in [5, 5.41) is 5.17. The van der Waals surface area contributed by atoms with Gasteiger partial charge in [-0.3, -0.25) is 4.79 Å². The van der Waals surface area contributed by atoms with Gasteiger partial charge >= 0.3 is 6.09 Å². The highest BCUT2D eigenvalue weighted by Gasteiger charge is 2.13. The molecule has 0 aliphatic carbocycles. The number of amides is 2. The van der Waals surface area contributed by atoms with E-state index >= 15 is 0 Å². The first-order chi connectivity index (χ1) is 9.11. The molecule has 1 aromatic rings. The Bertz CT molecular complexity index is 393. The zero-order valence-corrected chi connectivity index (χ0v) is 11.3. The zero-order chi connectivity index (χ0) is 14.1. The minimum atomic E-state index is -0.538. The van der Waals surface area contributed by atoms with Gasteiger partial charge in [-0.1, -0.05) is 44.2 Å². The normalized spacial score (nSPS) is 11.7. The zero-order valence-electron chi connectivity index (χ0n) is 11.3. The number of hydrogen-bond donors (Lipinski definition) is 2. The molecule has 0 bridgehead atoms. The lowest BCUT2D eigenvalue weighted by atomic mass is 10.1. The van der Waals surface area contributed by atoms with Gasteiger partial charge in [-0.05, 0) is 17.9 Å². The van der Waals surface area contributed by atoms with E-state index in [1.165, 1.54) is 0 Å². The molecule has 0 saturated heterocycles. The fourth-order valence-corrected chi connectivity index (χ4v) is 1.63. The monoisotopic (exact) mass is 264 g/mol. The van der Waals surface area contributed by atoms with E-state index in [9.17, 15) is 9.59 Å². The molecule has 2 amide bonds. The number of rotatable bonds is 7. The van der Waals surface area contributed by atoms with Crippen LogP contribution in [-0.4, -0.2) is 18.7 Å². The Balaban J connectivity index is 2.37. The third-order valence-electron chi connectivity index (χ3n) is 2.48. The van der Waals surface area contributed by atoms with Crippen LogP contribution >= 0.6 is 0 Å². The molecular formula is C14H20N2O3. The van der Waals surface area contributed by atoms with E-state index in [0.29, 0.717) is 18.7 Å². The van der Waals surface area contributed by atoms with Gasteiger partial charge in [-0.15, -0.1) is 0 Å². The molecular weight excluding hydrogens is 244 g/mol. The van der Waals surface area contributed by atoms with Gasteiger partial charge in [0.15, 0.2) is 0 Å². The van der Waals surface area contributed by atoms with E-state index in [1.54, 1.807) is 0 Å². The van der Waals surface area contributed by atoms with Gasteiger partial charge in [0.25, 0.3) is 0 Å². The van der Waals surface area contributed by atoms with Crippen LogP contribution in [0.3, 0.4) is 0 Å². The van der Waals surface area contributed by atoms with Crippen LogP contribution in [0, 0.1) is 5.92 Å². The van der Waals surface area contributed by atoms with Crippen molar-refractivity contribution in [3.05, 3.63) is 35.9 Å². The van der Waals surface area contributed by atoms with Crippen molar-refractivity contribution in [2.45, 2.75) is 33.0 Å². The minimum Gasteiger partial charge on any atom is -0.445 e. The molecule has 5 nitrogen and oxygen atoms in total. The molecule has 5 heteroatoms. The topological polar surface area (TPSA) is 67.4 Å². The number of nitrogens with one attached hydrogen (secondary N) is 2. The number of ether oxygens (including phenoxy) is 1. The van der Waals surface area contributed by atoms with E-state index < -0.39 is 12.3 Å². The first-order valence-electron chi connectivity index (χ1n) is 6.28. The molecule has 0 unspecified atom stereocenters. The van der Waals surface area contributed by atoms with Crippen molar-refractivity contribution in [1.82, 2.24) is 10.6 Å². The fourth-order valence-electron chi connectivity index (χ4n) is 1.63. The predicted molar refractivity (Wildman–Crippen MR) is 72.2 cm³/mol. The number of carbonyl (C=O) groups excluding carboxylic acids is 2. The average molecular weight is 264 g/mol. The lowest BCUT2D eigenvalue weighted by molar-refractivity contribution is -0.110. The summed E-state index contributed by atoms with van der Waals surface area (Å²) in [6, 6.07) is 9.42. The van der Waals surface area contributed by atoms with Crippen LogP contribution in [0.25, 0.3) is 0 Å². The highest BCUT2D eigenvalue weighted by Crippen LogP contribution is 2.04. The third-order valence-corrected chi connectivity index (χ3v) is 2.48. The van der Waals surface area contributed by atoms with Gasteiger partial charge in [0.05, 0.1) is 0 Å². The van der Waals surface area contributed by atoms with Crippen LogP contribution in [-0.2, 0) is 16.1 Å². The van der Waals surface area contributed by atoms with Crippen molar-refractivity contribution in [2.75, 3.05) is 0 Å². The van der Waals surface area contributed by atoms with Crippen molar-refractivity contribution in [2.24, 2.45) is 5.92 Å². The Hall–Kier alpha value is -2.04. The van der Waals surface area contributed by atoms with Crippen molar-refractivity contribution >= 4 is 12.5 Å². The molecule has 19 heavy (non-hydrogen) atoms. The average Bonchev–Trinajstić information content (AvgIpc) is 2.37. The number of hydrogen-bond acceptors (Lipinski definition) is 3. The van der Waals surface area contributed by atoms with E-state index in [0.717, 1.165) is 5.56 Å². The molecule has 104 valence electrons. The Morgan fingerprint density at radius 3 is 2.58 bits per heavy atom. The van der Waals surface area contributed by atoms with E-state index in [2.05, 4.69) is 10.6 Å². The molecule has 0 spiro atoms. The molecule has 1 aromatic carbocycles. The number of carbonyl (C=O) groups is 2. The lowest BCUT2D eigenvalue weighted by Gasteiger charge is -2.19. The van der Waals surface area contributed by atoms with Gasteiger partial charge in [0.2, 0.25) is 6.41 Å². The highest BCUT2D eigenvalue weighted by molar-refractivity contribution is 5.68. The van der Waals surface area contributed by atoms with Crippen LogP contribution in [0.2, 0.25) is 0 Å². The lowest BCUT2D eigenvalue weighted by Crippen LogP contribution is -2.45. The second-order valence-electron chi connectivity index (χ2n) is 4.67.